The predicted molar refractivity (Wildman–Crippen MR) is 79.5 cm³/mol. The fourth-order valence-corrected chi connectivity index (χ4v) is 2.71. The Balaban J connectivity index is 2.25. The Morgan fingerprint density at radius 3 is 2.62 bits per heavy atom. The Kier molecular flexibility index (Phi) is 4.77. The fourth-order valence-electron chi connectivity index (χ4n) is 1.74. The molecule has 0 fully saturated rings. The lowest BCUT2D eigenvalue weighted by atomic mass is 10.1. The van der Waals surface area contributed by atoms with Crippen LogP contribution >= 0.6 is 11.8 Å². The molecule has 3 nitrogen and oxygen atoms in total. The molecule has 1 heterocycles. The number of hydrogen-bond acceptors (Lipinski definition) is 3. The summed E-state index contributed by atoms with van der Waals surface area (Å²) in [6.07, 6.45) is 0. The predicted octanol–water partition coefficient (Wildman–Crippen LogP) is 3.47. The van der Waals surface area contributed by atoms with E-state index in [1.807, 2.05) is 13.8 Å². The molecule has 0 amide bonds. The van der Waals surface area contributed by atoms with Gasteiger partial charge in [-0.05, 0) is 17.5 Å². The zero-order valence-electron chi connectivity index (χ0n) is 12.1. The summed E-state index contributed by atoms with van der Waals surface area (Å²) in [6.45, 7) is 3.91. The van der Waals surface area contributed by atoms with E-state index < -0.39 is 11.6 Å². The van der Waals surface area contributed by atoms with Crippen LogP contribution in [0.25, 0.3) is 0 Å². The molecule has 0 N–H and O–H groups in total. The molecule has 2 rings (SSSR count). The van der Waals surface area contributed by atoms with Gasteiger partial charge in [-0.25, -0.2) is 13.8 Å². The van der Waals surface area contributed by atoms with Crippen molar-refractivity contribution < 1.29 is 8.78 Å². The van der Waals surface area contributed by atoms with E-state index in [0.717, 1.165) is 6.07 Å². The standard InChI is InChI=1S/C15H16F2N2OS/c1-9(2)13-7-14(20)19(3)15(18-13)21-8-10-4-5-11(16)6-12(10)17/h4-7,9H,8H2,1-3H3. The van der Waals surface area contributed by atoms with Crippen molar-refractivity contribution in [2.75, 3.05) is 0 Å². The van der Waals surface area contributed by atoms with E-state index in [1.54, 1.807) is 7.05 Å². The van der Waals surface area contributed by atoms with E-state index >= 15 is 0 Å². The van der Waals surface area contributed by atoms with E-state index in [4.69, 9.17) is 0 Å². The minimum absolute atomic E-state index is 0.140. The molecule has 0 bridgehead atoms. The van der Waals surface area contributed by atoms with Gasteiger partial charge in [0.05, 0.1) is 5.69 Å². The average molecular weight is 310 g/mol. The van der Waals surface area contributed by atoms with Crippen LogP contribution in [-0.2, 0) is 12.8 Å². The molecule has 6 heteroatoms. The molecule has 0 radical (unpaired) electrons. The van der Waals surface area contributed by atoms with Crippen molar-refractivity contribution in [1.29, 1.82) is 0 Å². The molecular weight excluding hydrogens is 294 g/mol. The van der Waals surface area contributed by atoms with Gasteiger partial charge in [0.2, 0.25) is 0 Å². The van der Waals surface area contributed by atoms with Crippen molar-refractivity contribution in [1.82, 2.24) is 9.55 Å². The van der Waals surface area contributed by atoms with Crippen molar-refractivity contribution in [2.24, 2.45) is 7.05 Å². The third-order valence-corrected chi connectivity index (χ3v) is 4.16. The number of aromatic nitrogens is 2. The molecule has 0 aliphatic rings. The zero-order valence-corrected chi connectivity index (χ0v) is 12.9. The lowest BCUT2D eigenvalue weighted by Crippen LogP contribution is -2.20. The first-order valence-electron chi connectivity index (χ1n) is 6.53. The summed E-state index contributed by atoms with van der Waals surface area (Å²) in [7, 11) is 1.63. The Hall–Kier alpha value is -1.69. The third-order valence-electron chi connectivity index (χ3n) is 3.08. The molecule has 0 spiro atoms. The number of rotatable bonds is 4. The lowest BCUT2D eigenvalue weighted by Gasteiger charge is -2.11. The zero-order chi connectivity index (χ0) is 15.6. The van der Waals surface area contributed by atoms with Crippen LogP contribution < -0.4 is 5.56 Å². The van der Waals surface area contributed by atoms with Gasteiger partial charge >= 0.3 is 0 Å². The van der Waals surface area contributed by atoms with Crippen molar-refractivity contribution in [3.63, 3.8) is 0 Å². The Bertz CT molecular complexity index is 713. The maximum absolute atomic E-state index is 13.6. The van der Waals surface area contributed by atoms with Gasteiger partial charge in [-0.1, -0.05) is 31.7 Å². The highest BCUT2D eigenvalue weighted by molar-refractivity contribution is 7.98. The Labute approximate surface area is 126 Å². The minimum atomic E-state index is -0.603. The van der Waals surface area contributed by atoms with Crippen molar-refractivity contribution >= 4 is 11.8 Å². The van der Waals surface area contributed by atoms with E-state index in [2.05, 4.69) is 4.98 Å². The van der Waals surface area contributed by atoms with Gasteiger partial charge in [-0.2, -0.15) is 0 Å². The van der Waals surface area contributed by atoms with Crippen LogP contribution in [0.3, 0.4) is 0 Å². The number of benzene rings is 1. The molecule has 0 unspecified atom stereocenters. The highest BCUT2D eigenvalue weighted by Gasteiger charge is 2.11. The number of hydrogen-bond donors (Lipinski definition) is 0. The van der Waals surface area contributed by atoms with Crippen LogP contribution in [0.15, 0.2) is 34.2 Å². The van der Waals surface area contributed by atoms with Gasteiger partial charge in [0.1, 0.15) is 11.6 Å². The van der Waals surface area contributed by atoms with Gasteiger partial charge in [-0.15, -0.1) is 0 Å². The van der Waals surface area contributed by atoms with Gasteiger partial charge in [0, 0.05) is 24.9 Å². The van der Waals surface area contributed by atoms with Crippen LogP contribution in [0, 0.1) is 11.6 Å². The van der Waals surface area contributed by atoms with Gasteiger partial charge in [-0.3, -0.25) is 9.36 Å². The van der Waals surface area contributed by atoms with Crippen LogP contribution in [0.5, 0.6) is 0 Å². The van der Waals surface area contributed by atoms with Crippen molar-refractivity contribution in [2.45, 2.75) is 30.7 Å². The topological polar surface area (TPSA) is 34.9 Å². The monoisotopic (exact) mass is 310 g/mol. The summed E-state index contributed by atoms with van der Waals surface area (Å²) < 4.78 is 27.9. The fraction of sp³-hybridized carbons (Fsp3) is 0.333. The number of nitrogens with zero attached hydrogens (tertiary/aromatic N) is 2. The molecule has 1 aromatic heterocycles. The largest absolute Gasteiger partial charge is 0.291 e. The highest BCUT2D eigenvalue weighted by atomic mass is 32.2. The van der Waals surface area contributed by atoms with Crippen molar-refractivity contribution in [3.05, 3.63) is 57.5 Å². The van der Waals surface area contributed by atoms with Crippen LogP contribution in [0.1, 0.15) is 31.0 Å². The van der Waals surface area contributed by atoms with Gasteiger partial charge < -0.3 is 0 Å². The SMILES string of the molecule is CC(C)c1cc(=O)n(C)c(SCc2ccc(F)cc2F)n1. The lowest BCUT2D eigenvalue weighted by molar-refractivity contribution is 0.576. The van der Waals surface area contributed by atoms with E-state index in [1.165, 1.54) is 34.5 Å². The molecular formula is C15H16F2N2OS. The first-order chi connectivity index (χ1) is 9.88. The summed E-state index contributed by atoms with van der Waals surface area (Å²) >= 11 is 1.26. The molecule has 0 saturated heterocycles. The van der Waals surface area contributed by atoms with Crippen LogP contribution in [-0.4, -0.2) is 9.55 Å². The van der Waals surface area contributed by atoms with E-state index in [9.17, 15) is 13.6 Å². The maximum Gasteiger partial charge on any atom is 0.254 e. The molecule has 0 saturated carbocycles. The molecule has 0 aliphatic heterocycles. The Morgan fingerprint density at radius 1 is 1.29 bits per heavy atom. The van der Waals surface area contributed by atoms with E-state index in [-0.39, 0.29) is 17.2 Å². The van der Waals surface area contributed by atoms with Crippen LogP contribution in [0.4, 0.5) is 8.78 Å². The molecule has 112 valence electrons. The summed E-state index contributed by atoms with van der Waals surface area (Å²) in [6, 6.07) is 4.98. The second-order valence-corrected chi connectivity index (χ2v) is 5.98. The second-order valence-electron chi connectivity index (χ2n) is 5.04. The molecule has 1 aromatic carbocycles. The average Bonchev–Trinajstić information content (AvgIpc) is 2.41. The summed E-state index contributed by atoms with van der Waals surface area (Å²) in [5.41, 5.74) is 0.946. The first-order valence-corrected chi connectivity index (χ1v) is 7.51. The summed E-state index contributed by atoms with van der Waals surface area (Å²) in [5.74, 6) is -0.768. The van der Waals surface area contributed by atoms with E-state index in [0.29, 0.717) is 16.4 Å². The second kappa shape index (κ2) is 6.39. The van der Waals surface area contributed by atoms with Gasteiger partial charge in [0.25, 0.3) is 5.56 Å². The number of thioether (sulfide) groups is 1. The maximum atomic E-state index is 13.6. The van der Waals surface area contributed by atoms with Crippen molar-refractivity contribution in [3.8, 4) is 0 Å². The third kappa shape index (κ3) is 3.69. The van der Waals surface area contributed by atoms with Crippen LogP contribution in [0.2, 0.25) is 0 Å². The first kappa shape index (κ1) is 15.7. The summed E-state index contributed by atoms with van der Waals surface area (Å²) in [4.78, 5) is 16.3. The molecule has 21 heavy (non-hydrogen) atoms. The number of halogens is 2. The quantitative estimate of drug-likeness (QED) is 0.640. The molecule has 0 aliphatic carbocycles. The Morgan fingerprint density at radius 2 is 2.00 bits per heavy atom. The molecule has 0 atom stereocenters. The van der Waals surface area contributed by atoms with Gasteiger partial charge in [0.15, 0.2) is 5.16 Å². The highest BCUT2D eigenvalue weighted by Crippen LogP contribution is 2.23. The smallest absolute Gasteiger partial charge is 0.254 e. The molecule has 2 aromatic rings. The summed E-state index contributed by atoms with van der Waals surface area (Å²) in [5, 5.41) is 0.523. The minimum Gasteiger partial charge on any atom is -0.291 e. The normalized spacial score (nSPS) is 11.1.